The predicted octanol–water partition coefficient (Wildman–Crippen LogP) is 2.89. The zero-order valence-corrected chi connectivity index (χ0v) is 13.8. The zero-order valence-electron chi connectivity index (χ0n) is 13.0. The fourth-order valence-corrected chi connectivity index (χ4v) is 2.68. The van der Waals surface area contributed by atoms with Gasteiger partial charge in [0, 0.05) is 26.1 Å². The van der Waals surface area contributed by atoms with Crippen LogP contribution in [0.25, 0.3) is 0 Å². The number of halogens is 1. The third-order valence-electron chi connectivity index (χ3n) is 3.92. The fourth-order valence-electron chi connectivity index (χ4n) is 2.50. The maximum Gasteiger partial charge on any atom is 0.274 e. The summed E-state index contributed by atoms with van der Waals surface area (Å²) in [5.74, 6) is 0.640. The van der Waals surface area contributed by atoms with Gasteiger partial charge in [0.25, 0.3) is 5.91 Å². The maximum absolute atomic E-state index is 12.7. The number of piperidine rings is 1. The molecule has 21 heavy (non-hydrogen) atoms. The molecular weight excluding hydrogens is 290 g/mol. The number of likely N-dealkylation sites (tertiary alicyclic amines) is 1. The van der Waals surface area contributed by atoms with Crippen LogP contribution in [-0.2, 0) is 4.74 Å². The first-order valence-corrected chi connectivity index (χ1v) is 7.61. The maximum atomic E-state index is 12.7. The molecule has 1 amide bonds. The van der Waals surface area contributed by atoms with Crippen molar-refractivity contribution < 1.29 is 9.53 Å². The SMILES string of the molecule is COC1(C)CCCN(C(=O)c2nc(C(C)C)ncc2Cl)C1. The third-order valence-corrected chi connectivity index (χ3v) is 4.20. The van der Waals surface area contributed by atoms with Crippen LogP contribution >= 0.6 is 11.6 Å². The van der Waals surface area contributed by atoms with Gasteiger partial charge in [-0.05, 0) is 19.8 Å². The molecule has 2 heterocycles. The van der Waals surface area contributed by atoms with Gasteiger partial charge in [0.2, 0.25) is 0 Å². The molecule has 0 aromatic carbocycles. The van der Waals surface area contributed by atoms with E-state index in [9.17, 15) is 4.79 Å². The van der Waals surface area contributed by atoms with Crippen molar-refractivity contribution >= 4 is 17.5 Å². The lowest BCUT2D eigenvalue weighted by Crippen LogP contribution is -2.49. The van der Waals surface area contributed by atoms with Gasteiger partial charge >= 0.3 is 0 Å². The summed E-state index contributed by atoms with van der Waals surface area (Å²) >= 11 is 6.12. The van der Waals surface area contributed by atoms with Crippen molar-refractivity contribution in [1.82, 2.24) is 14.9 Å². The number of carbonyl (C=O) groups excluding carboxylic acids is 1. The number of aromatic nitrogens is 2. The molecule has 0 N–H and O–H groups in total. The Morgan fingerprint density at radius 1 is 1.52 bits per heavy atom. The lowest BCUT2D eigenvalue weighted by molar-refractivity contribution is -0.0441. The summed E-state index contributed by atoms with van der Waals surface area (Å²) < 4.78 is 5.53. The Kier molecular flexibility index (Phi) is 4.84. The Bertz CT molecular complexity index is 536. The minimum Gasteiger partial charge on any atom is -0.377 e. The predicted molar refractivity (Wildman–Crippen MR) is 81.7 cm³/mol. The molecule has 0 aliphatic carbocycles. The van der Waals surface area contributed by atoms with Crippen LogP contribution in [0.1, 0.15) is 55.8 Å². The molecule has 0 saturated carbocycles. The van der Waals surface area contributed by atoms with Crippen molar-refractivity contribution in [2.24, 2.45) is 0 Å². The Labute approximate surface area is 130 Å². The van der Waals surface area contributed by atoms with E-state index >= 15 is 0 Å². The van der Waals surface area contributed by atoms with Crippen molar-refractivity contribution in [3.05, 3.63) is 22.7 Å². The summed E-state index contributed by atoms with van der Waals surface area (Å²) in [5.41, 5.74) is -0.00962. The van der Waals surface area contributed by atoms with E-state index in [1.807, 2.05) is 20.8 Å². The molecule has 0 radical (unpaired) electrons. The van der Waals surface area contributed by atoms with Gasteiger partial charge in [-0.25, -0.2) is 9.97 Å². The Morgan fingerprint density at radius 2 is 2.24 bits per heavy atom. The number of hydrogen-bond acceptors (Lipinski definition) is 4. The first-order chi connectivity index (χ1) is 9.86. The van der Waals surface area contributed by atoms with Gasteiger partial charge < -0.3 is 9.64 Å². The van der Waals surface area contributed by atoms with E-state index in [0.29, 0.717) is 23.9 Å². The van der Waals surface area contributed by atoms with E-state index in [1.165, 1.54) is 6.20 Å². The summed E-state index contributed by atoms with van der Waals surface area (Å²) in [4.78, 5) is 23.0. The van der Waals surface area contributed by atoms with E-state index in [2.05, 4.69) is 9.97 Å². The quantitative estimate of drug-likeness (QED) is 0.861. The minimum absolute atomic E-state index is 0.146. The molecule has 1 aliphatic heterocycles. The lowest BCUT2D eigenvalue weighted by atomic mass is 9.94. The molecule has 5 nitrogen and oxygen atoms in total. The molecule has 1 saturated heterocycles. The number of hydrogen-bond donors (Lipinski definition) is 0. The molecular formula is C15H22ClN3O2. The second-order valence-corrected chi connectivity index (χ2v) is 6.47. The molecule has 1 fully saturated rings. The Hall–Kier alpha value is -1.20. The van der Waals surface area contributed by atoms with Gasteiger partial charge in [-0.2, -0.15) is 0 Å². The second-order valence-electron chi connectivity index (χ2n) is 6.06. The molecule has 1 unspecified atom stereocenters. The van der Waals surface area contributed by atoms with Crippen molar-refractivity contribution in [2.45, 2.75) is 45.1 Å². The largest absolute Gasteiger partial charge is 0.377 e. The van der Waals surface area contributed by atoms with Crippen LogP contribution in [0.4, 0.5) is 0 Å². The molecule has 0 bridgehead atoms. The van der Waals surface area contributed by atoms with Crippen LogP contribution < -0.4 is 0 Å². The van der Waals surface area contributed by atoms with Crippen LogP contribution in [0.5, 0.6) is 0 Å². The number of amides is 1. The highest BCUT2D eigenvalue weighted by molar-refractivity contribution is 6.33. The van der Waals surface area contributed by atoms with Gasteiger partial charge in [0.15, 0.2) is 5.69 Å². The average molecular weight is 312 g/mol. The van der Waals surface area contributed by atoms with Gasteiger partial charge in [-0.1, -0.05) is 25.4 Å². The number of rotatable bonds is 3. The molecule has 2 rings (SSSR count). The molecule has 6 heteroatoms. The van der Waals surface area contributed by atoms with Crippen molar-refractivity contribution in [1.29, 1.82) is 0 Å². The molecule has 1 aromatic heterocycles. The number of nitrogens with zero attached hydrogens (tertiary/aromatic N) is 3. The van der Waals surface area contributed by atoms with E-state index in [-0.39, 0.29) is 23.1 Å². The van der Waals surface area contributed by atoms with E-state index < -0.39 is 0 Å². The lowest BCUT2D eigenvalue weighted by Gasteiger charge is -2.39. The summed E-state index contributed by atoms with van der Waals surface area (Å²) in [6.45, 7) is 7.25. The Morgan fingerprint density at radius 3 is 2.86 bits per heavy atom. The minimum atomic E-state index is -0.297. The summed E-state index contributed by atoms with van der Waals surface area (Å²) in [5, 5.41) is 0.300. The Balaban J connectivity index is 2.25. The third kappa shape index (κ3) is 3.52. The fraction of sp³-hybridized carbons (Fsp3) is 0.667. The molecule has 1 aliphatic rings. The summed E-state index contributed by atoms with van der Waals surface area (Å²) in [6, 6.07) is 0. The van der Waals surface area contributed by atoms with E-state index in [1.54, 1.807) is 12.0 Å². The zero-order chi connectivity index (χ0) is 15.6. The highest BCUT2D eigenvalue weighted by Crippen LogP contribution is 2.26. The van der Waals surface area contributed by atoms with E-state index in [0.717, 1.165) is 12.8 Å². The molecule has 1 atom stereocenters. The van der Waals surface area contributed by atoms with Gasteiger partial charge in [0.05, 0.1) is 16.8 Å². The second kappa shape index (κ2) is 6.28. The topological polar surface area (TPSA) is 55.3 Å². The van der Waals surface area contributed by atoms with Gasteiger partial charge in [-0.15, -0.1) is 0 Å². The first-order valence-electron chi connectivity index (χ1n) is 7.23. The standard InChI is InChI=1S/C15H22ClN3O2/c1-10(2)13-17-8-11(16)12(18-13)14(20)19-7-5-6-15(3,9-19)21-4/h8,10H,5-7,9H2,1-4H3. The van der Waals surface area contributed by atoms with Gasteiger partial charge in [0.1, 0.15) is 5.82 Å². The number of carbonyl (C=O) groups is 1. The van der Waals surface area contributed by atoms with Crippen LogP contribution in [0.15, 0.2) is 6.20 Å². The van der Waals surface area contributed by atoms with Crippen LogP contribution in [0, 0.1) is 0 Å². The summed E-state index contributed by atoms with van der Waals surface area (Å²) in [7, 11) is 1.68. The monoisotopic (exact) mass is 311 g/mol. The van der Waals surface area contributed by atoms with E-state index in [4.69, 9.17) is 16.3 Å². The number of ether oxygens (including phenoxy) is 1. The summed E-state index contributed by atoms with van der Waals surface area (Å²) in [6.07, 6.45) is 3.37. The molecule has 1 aromatic rings. The van der Waals surface area contributed by atoms with Crippen molar-refractivity contribution in [3.63, 3.8) is 0 Å². The number of methoxy groups -OCH3 is 1. The van der Waals surface area contributed by atoms with Crippen molar-refractivity contribution in [2.75, 3.05) is 20.2 Å². The average Bonchev–Trinajstić information content (AvgIpc) is 2.47. The van der Waals surface area contributed by atoms with Gasteiger partial charge in [-0.3, -0.25) is 4.79 Å². The first kappa shape index (κ1) is 16.2. The molecule has 116 valence electrons. The van der Waals surface area contributed by atoms with Crippen LogP contribution in [0.2, 0.25) is 5.02 Å². The van der Waals surface area contributed by atoms with Crippen LogP contribution in [-0.4, -0.2) is 46.6 Å². The smallest absolute Gasteiger partial charge is 0.274 e. The van der Waals surface area contributed by atoms with Crippen molar-refractivity contribution in [3.8, 4) is 0 Å². The highest BCUT2D eigenvalue weighted by atomic mass is 35.5. The highest BCUT2D eigenvalue weighted by Gasteiger charge is 2.34. The van der Waals surface area contributed by atoms with Crippen LogP contribution in [0.3, 0.4) is 0 Å². The normalized spacial score (nSPS) is 22.7. The molecule has 0 spiro atoms.